The molecule has 0 amide bonds. The third kappa shape index (κ3) is 6.10. The van der Waals surface area contributed by atoms with Crippen molar-refractivity contribution in [1.29, 1.82) is 0 Å². The van der Waals surface area contributed by atoms with Crippen LogP contribution in [0.2, 0.25) is 0 Å². The average Bonchev–Trinajstić information content (AvgIpc) is 2.61. The Morgan fingerprint density at radius 1 is 1.29 bits per heavy atom. The highest BCUT2D eigenvalue weighted by atomic mass is 32.1. The van der Waals surface area contributed by atoms with Gasteiger partial charge in [-0.2, -0.15) is 0 Å². The lowest BCUT2D eigenvalue weighted by atomic mass is 10.3. The SMILES string of the molecule is CC(C)NCc1ccc(CN(C)CC(F)F)s1. The van der Waals surface area contributed by atoms with Crippen molar-refractivity contribution in [3.05, 3.63) is 21.9 Å². The molecule has 2 nitrogen and oxygen atoms in total. The van der Waals surface area contributed by atoms with Gasteiger partial charge in [0.2, 0.25) is 0 Å². The summed E-state index contributed by atoms with van der Waals surface area (Å²) >= 11 is 1.68. The van der Waals surface area contributed by atoms with Crippen molar-refractivity contribution in [3.8, 4) is 0 Å². The van der Waals surface area contributed by atoms with Crippen LogP contribution in [-0.4, -0.2) is 31.0 Å². The summed E-state index contributed by atoms with van der Waals surface area (Å²) in [6, 6.07) is 4.54. The zero-order valence-corrected chi connectivity index (χ0v) is 11.4. The van der Waals surface area contributed by atoms with Crippen LogP contribution in [-0.2, 0) is 13.1 Å². The third-order valence-electron chi connectivity index (χ3n) is 2.28. The van der Waals surface area contributed by atoms with Crippen LogP contribution < -0.4 is 5.32 Å². The van der Waals surface area contributed by atoms with Crippen molar-refractivity contribution >= 4 is 11.3 Å². The highest BCUT2D eigenvalue weighted by Gasteiger charge is 2.09. The minimum absolute atomic E-state index is 0.169. The van der Waals surface area contributed by atoms with Crippen molar-refractivity contribution in [2.24, 2.45) is 0 Å². The molecule has 0 aliphatic carbocycles. The lowest BCUT2D eigenvalue weighted by molar-refractivity contribution is 0.0979. The van der Waals surface area contributed by atoms with Gasteiger partial charge in [0.25, 0.3) is 6.43 Å². The molecule has 0 aliphatic rings. The first kappa shape index (κ1) is 14.5. The number of hydrogen-bond donors (Lipinski definition) is 1. The molecule has 0 bridgehead atoms. The maximum absolute atomic E-state index is 12.2. The van der Waals surface area contributed by atoms with Crippen LogP contribution >= 0.6 is 11.3 Å². The Bertz CT molecular complexity index is 326. The Balaban J connectivity index is 2.39. The Morgan fingerprint density at radius 3 is 2.53 bits per heavy atom. The number of nitrogens with one attached hydrogen (secondary N) is 1. The summed E-state index contributed by atoms with van der Waals surface area (Å²) in [5.41, 5.74) is 0. The van der Waals surface area contributed by atoms with E-state index in [0.717, 1.165) is 11.4 Å². The van der Waals surface area contributed by atoms with Gasteiger partial charge in [0.05, 0.1) is 6.54 Å². The Labute approximate surface area is 106 Å². The van der Waals surface area contributed by atoms with Crippen LogP contribution in [0.4, 0.5) is 8.78 Å². The minimum atomic E-state index is -2.26. The summed E-state index contributed by atoms with van der Waals surface area (Å²) in [6.07, 6.45) is -2.26. The second-order valence-electron chi connectivity index (χ2n) is 4.49. The number of thiophene rings is 1. The quantitative estimate of drug-likeness (QED) is 0.812. The van der Waals surface area contributed by atoms with E-state index in [1.54, 1.807) is 23.3 Å². The van der Waals surface area contributed by atoms with Gasteiger partial charge in [-0.25, -0.2) is 8.78 Å². The van der Waals surface area contributed by atoms with E-state index in [1.165, 1.54) is 4.88 Å². The molecule has 0 saturated carbocycles. The predicted molar refractivity (Wildman–Crippen MR) is 68.6 cm³/mol. The van der Waals surface area contributed by atoms with Gasteiger partial charge in [0.15, 0.2) is 0 Å². The van der Waals surface area contributed by atoms with Gasteiger partial charge in [-0.3, -0.25) is 4.90 Å². The topological polar surface area (TPSA) is 15.3 Å². The second kappa shape index (κ2) is 7.03. The number of alkyl halides is 2. The summed E-state index contributed by atoms with van der Waals surface area (Å²) < 4.78 is 24.3. The average molecular weight is 262 g/mol. The smallest absolute Gasteiger partial charge is 0.251 e. The predicted octanol–water partition coefficient (Wildman–Crippen LogP) is 2.94. The summed E-state index contributed by atoms with van der Waals surface area (Å²) in [6.45, 7) is 5.48. The van der Waals surface area contributed by atoms with Gasteiger partial charge >= 0.3 is 0 Å². The normalized spacial score (nSPS) is 12.0. The first-order chi connectivity index (χ1) is 7.97. The number of hydrogen-bond acceptors (Lipinski definition) is 3. The van der Waals surface area contributed by atoms with E-state index in [1.807, 2.05) is 6.07 Å². The largest absolute Gasteiger partial charge is 0.310 e. The highest BCUT2D eigenvalue weighted by molar-refractivity contribution is 7.11. The molecule has 1 heterocycles. The summed E-state index contributed by atoms with van der Waals surface area (Å²) in [4.78, 5) is 4.03. The Kier molecular flexibility index (Phi) is 6.02. The molecule has 0 atom stereocenters. The lowest BCUT2D eigenvalue weighted by Crippen LogP contribution is -2.23. The minimum Gasteiger partial charge on any atom is -0.310 e. The standard InChI is InChI=1S/C12H20F2N2S/c1-9(2)15-6-10-4-5-11(17-10)7-16(3)8-12(13)14/h4-5,9,12,15H,6-8H2,1-3H3. The summed E-state index contributed by atoms with van der Waals surface area (Å²) in [7, 11) is 1.72. The van der Waals surface area contributed by atoms with E-state index in [-0.39, 0.29) is 6.54 Å². The molecule has 0 spiro atoms. The number of halogens is 2. The molecular formula is C12H20F2N2S. The van der Waals surface area contributed by atoms with E-state index < -0.39 is 6.43 Å². The Morgan fingerprint density at radius 2 is 1.94 bits per heavy atom. The molecule has 0 unspecified atom stereocenters. The molecule has 98 valence electrons. The first-order valence-electron chi connectivity index (χ1n) is 5.75. The number of rotatable bonds is 7. The zero-order valence-electron chi connectivity index (χ0n) is 10.5. The summed E-state index contributed by atoms with van der Waals surface area (Å²) in [5, 5.41) is 3.34. The lowest BCUT2D eigenvalue weighted by Gasteiger charge is -2.14. The van der Waals surface area contributed by atoms with E-state index in [0.29, 0.717) is 12.6 Å². The fraction of sp³-hybridized carbons (Fsp3) is 0.667. The summed E-state index contributed by atoms with van der Waals surface area (Å²) in [5.74, 6) is 0. The fourth-order valence-corrected chi connectivity index (χ4v) is 2.52. The van der Waals surface area contributed by atoms with Crippen molar-refractivity contribution in [2.75, 3.05) is 13.6 Å². The molecular weight excluding hydrogens is 242 g/mol. The molecule has 1 N–H and O–H groups in total. The van der Waals surface area contributed by atoms with E-state index in [9.17, 15) is 8.78 Å². The van der Waals surface area contributed by atoms with Crippen molar-refractivity contribution < 1.29 is 8.78 Å². The van der Waals surface area contributed by atoms with E-state index in [4.69, 9.17) is 0 Å². The molecule has 1 rings (SSSR count). The van der Waals surface area contributed by atoms with Crippen LogP contribution in [0.25, 0.3) is 0 Å². The van der Waals surface area contributed by atoms with Crippen LogP contribution in [0.15, 0.2) is 12.1 Å². The van der Waals surface area contributed by atoms with Gasteiger partial charge < -0.3 is 5.32 Å². The van der Waals surface area contributed by atoms with Crippen molar-refractivity contribution in [3.63, 3.8) is 0 Å². The van der Waals surface area contributed by atoms with Crippen LogP contribution in [0.1, 0.15) is 23.6 Å². The van der Waals surface area contributed by atoms with Gasteiger partial charge in [0, 0.05) is 28.9 Å². The molecule has 5 heteroatoms. The molecule has 1 aromatic rings. The molecule has 17 heavy (non-hydrogen) atoms. The van der Waals surface area contributed by atoms with Crippen LogP contribution in [0.3, 0.4) is 0 Å². The maximum atomic E-state index is 12.2. The Hall–Kier alpha value is -0.520. The molecule has 0 fully saturated rings. The second-order valence-corrected chi connectivity index (χ2v) is 5.74. The molecule has 0 aromatic carbocycles. The number of nitrogens with zero attached hydrogens (tertiary/aromatic N) is 1. The monoisotopic (exact) mass is 262 g/mol. The maximum Gasteiger partial charge on any atom is 0.251 e. The molecule has 1 aromatic heterocycles. The van der Waals surface area contributed by atoms with Gasteiger partial charge in [0.1, 0.15) is 0 Å². The third-order valence-corrected chi connectivity index (χ3v) is 3.35. The fourth-order valence-electron chi connectivity index (χ4n) is 1.47. The van der Waals surface area contributed by atoms with Gasteiger partial charge in [-0.05, 0) is 19.2 Å². The van der Waals surface area contributed by atoms with Crippen molar-refractivity contribution in [1.82, 2.24) is 10.2 Å². The molecule has 0 saturated heterocycles. The first-order valence-corrected chi connectivity index (χ1v) is 6.56. The van der Waals surface area contributed by atoms with Crippen molar-refractivity contribution in [2.45, 2.75) is 39.4 Å². The van der Waals surface area contributed by atoms with Crippen LogP contribution in [0.5, 0.6) is 0 Å². The zero-order chi connectivity index (χ0) is 12.8. The molecule has 0 radical (unpaired) electrons. The van der Waals surface area contributed by atoms with Crippen LogP contribution in [0, 0.1) is 0 Å². The van der Waals surface area contributed by atoms with Gasteiger partial charge in [-0.15, -0.1) is 11.3 Å². The van der Waals surface area contributed by atoms with Gasteiger partial charge in [-0.1, -0.05) is 13.8 Å². The van der Waals surface area contributed by atoms with E-state index in [2.05, 4.69) is 25.2 Å². The van der Waals surface area contributed by atoms with E-state index >= 15 is 0 Å². The molecule has 0 aliphatic heterocycles. The highest BCUT2D eigenvalue weighted by Crippen LogP contribution is 2.18.